The lowest BCUT2D eigenvalue weighted by molar-refractivity contribution is -0.129. The molecule has 1 fully saturated rings. The van der Waals surface area contributed by atoms with Gasteiger partial charge in [0.25, 0.3) is 0 Å². The number of likely N-dealkylation sites (tertiary alicyclic amines) is 1. The van der Waals surface area contributed by atoms with Crippen LogP contribution in [0.3, 0.4) is 0 Å². The molecule has 2 aromatic carbocycles. The third-order valence-corrected chi connectivity index (χ3v) is 6.30. The van der Waals surface area contributed by atoms with Crippen LogP contribution in [-0.4, -0.2) is 51.0 Å². The summed E-state index contributed by atoms with van der Waals surface area (Å²) in [6.07, 6.45) is 2.06. The highest BCUT2D eigenvalue weighted by Gasteiger charge is 2.27. The van der Waals surface area contributed by atoms with Crippen LogP contribution in [0, 0.1) is 5.82 Å². The molecule has 1 aliphatic rings. The summed E-state index contributed by atoms with van der Waals surface area (Å²) in [6.45, 7) is 3.50. The summed E-state index contributed by atoms with van der Waals surface area (Å²) >= 11 is 1.28. The van der Waals surface area contributed by atoms with Gasteiger partial charge in [0.15, 0.2) is 11.0 Å². The Kier molecular flexibility index (Phi) is 6.94. The molecule has 9 heteroatoms. The highest BCUT2D eigenvalue weighted by atomic mass is 32.2. The number of hydrogen-bond acceptors (Lipinski definition) is 6. The second-order valence-electron chi connectivity index (χ2n) is 7.44. The second kappa shape index (κ2) is 10.0. The van der Waals surface area contributed by atoms with Gasteiger partial charge in [0, 0.05) is 13.1 Å². The summed E-state index contributed by atoms with van der Waals surface area (Å²) in [7, 11) is 1.60. The molecule has 0 N–H and O–H groups in total. The first-order chi connectivity index (χ1) is 15.6. The summed E-state index contributed by atoms with van der Waals surface area (Å²) in [6, 6.07) is 13.6. The molecule has 1 aromatic heterocycles. The Balaban J connectivity index is 1.58. The van der Waals surface area contributed by atoms with E-state index in [0.29, 0.717) is 22.4 Å². The fourth-order valence-corrected chi connectivity index (χ4v) is 4.53. The summed E-state index contributed by atoms with van der Waals surface area (Å²) in [4.78, 5) is 14.6. The average molecular weight is 457 g/mol. The summed E-state index contributed by atoms with van der Waals surface area (Å²) in [5, 5.41) is 8.59. The molecule has 1 unspecified atom stereocenters. The van der Waals surface area contributed by atoms with Gasteiger partial charge in [0.05, 0.1) is 18.0 Å². The van der Waals surface area contributed by atoms with E-state index in [4.69, 9.17) is 9.47 Å². The lowest BCUT2D eigenvalue weighted by Gasteiger charge is -2.20. The van der Waals surface area contributed by atoms with Crippen LogP contribution in [0.15, 0.2) is 53.7 Å². The van der Waals surface area contributed by atoms with Crippen molar-refractivity contribution in [1.82, 2.24) is 19.7 Å². The number of methoxy groups -OCH3 is 1. The summed E-state index contributed by atoms with van der Waals surface area (Å²) in [5.41, 5.74) is 0.314. The predicted octanol–water partition coefficient (Wildman–Crippen LogP) is 4.10. The normalized spacial score (nSPS) is 14.4. The van der Waals surface area contributed by atoms with E-state index >= 15 is 0 Å². The van der Waals surface area contributed by atoms with E-state index in [1.54, 1.807) is 54.1 Å². The van der Waals surface area contributed by atoms with Crippen molar-refractivity contribution < 1.29 is 18.7 Å². The minimum absolute atomic E-state index is 0.0617. The van der Waals surface area contributed by atoms with Gasteiger partial charge in [0.1, 0.15) is 23.9 Å². The zero-order valence-electron chi connectivity index (χ0n) is 18.0. The highest BCUT2D eigenvalue weighted by Crippen LogP contribution is 2.29. The number of halogens is 1. The van der Waals surface area contributed by atoms with Gasteiger partial charge in [-0.3, -0.25) is 9.36 Å². The Hall–Kier alpha value is -3.07. The van der Waals surface area contributed by atoms with Crippen molar-refractivity contribution in [2.24, 2.45) is 0 Å². The third-order valence-electron chi connectivity index (χ3n) is 5.27. The maximum Gasteiger partial charge on any atom is 0.235 e. The monoisotopic (exact) mass is 456 g/mol. The average Bonchev–Trinajstić information content (AvgIpc) is 3.48. The van der Waals surface area contributed by atoms with Gasteiger partial charge >= 0.3 is 0 Å². The van der Waals surface area contributed by atoms with E-state index in [1.165, 1.54) is 17.8 Å². The van der Waals surface area contributed by atoms with Gasteiger partial charge < -0.3 is 14.4 Å². The summed E-state index contributed by atoms with van der Waals surface area (Å²) in [5.74, 6) is 1.45. The van der Waals surface area contributed by atoms with Crippen molar-refractivity contribution in [3.05, 3.63) is 60.2 Å². The van der Waals surface area contributed by atoms with Crippen LogP contribution < -0.4 is 9.47 Å². The van der Waals surface area contributed by atoms with E-state index in [9.17, 15) is 9.18 Å². The molecule has 0 aliphatic carbocycles. The molecule has 1 amide bonds. The van der Waals surface area contributed by atoms with E-state index in [0.717, 1.165) is 31.7 Å². The van der Waals surface area contributed by atoms with Gasteiger partial charge in [-0.2, -0.15) is 0 Å². The minimum Gasteiger partial charge on any atom is -0.497 e. The zero-order valence-corrected chi connectivity index (χ0v) is 18.8. The molecule has 2 heterocycles. The van der Waals surface area contributed by atoms with Crippen LogP contribution in [0.1, 0.15) is 25.6 Å². The number of ether oxygens (including phenoxy) is 2. The number of hydrogen-bond donors (Lipinski definition) is 0. The first-order valence-electron chi connectivity index (χ1n) is 10.5. The molecule has 1 aliphatic heterocycles. The number of para-hydroxylation sites is 1. The van der Waals surface area contributed by atoms with Crippen LogP contribution >= 0.6 is 11.8 Å². The minimum atomic E-state index is -0.404. The van der Waals surface area contributed by atoms with Crippen molar-refractivity contribution >= 4 is 17.7 Å². The maximum atomic E-state index is 14.7. The van der Waals surface area contributed by atoms with Crippen LogP contribution in [-0.2, 0) is 11.4 Å². The first-order valence-corrected chi connectivity index (χ1v) is 11.4. The van der Waals surface area contributed by atoms with Crippen molar-refractivity contribution in [3.63, 3.8) is 0 Å². The van der Waals surface area contributed by atoms with Crippen molar-refractivity contribution in [2.45, 2.75) is 36.8 Å². The smallest absolute Gasteiger partial charge is 0.235 e. The number of thioether (sulfide) groups is 1. The fourth-order valence-electron chi connectivity index (χ4n) is 3.57. The van der Waals surface area contributed by atoms with Crippen LogP contribution in [0.2, 0.25) is 0 Å². The van der Waals surface area contributed by atoms with Gasteiger partial charge in [-0.25, -0.2) is 4.39 Å². The molecule has 168 valence electrons. The molecule has 1 atom stereocenters. The van der Waals surface area contributed by atoms with Gasteiger partial charge in [-0.1, -0.05) is 23.9 Å². The zero-order chi connectivity index (χ0) is 22.5. The molecule has 7 nitrogen and oxygen atoms in total. The summed E-state index contributed by atoms with van der Waals surface area (Å²) < 4.78 is 27.3. The Morgan fingerprint density at radius 1 is 1.09 bits per heavy atom. The molecular weight excluding hydrogens is 431 g/mol. The molecule has 1 saturated heterocycles. The standard InChI is InChI=1S/C23H25FN4O3S/c1-16(22(29)27-13-5-6-14-27)32-23-26-25-21(28(23)20-8-4-3-7-19(20)24)15-31-18-11-9-17(30-2)10-12-18/h3-4,7-12,16H,5-6,13-15H2,1-2H3. The number of aromatic nitrogens is 3. The Morgan fingerprint density at radius 3 is 2.47 bits per heavy atom. The molecule has 0 saturated carbocycles. The number of carbonyl (C=O) groups is 1. The largest absolute Gasteiger partial charge is 0.497 e. The lowest BCUT2D eigenvalue weighted by Crippen LogP contribution is -2.34. The third kappa shape index (κ3) is 4.88. The van der Waals surface area contributed by atoms with Crippen LogP contribution in [0.5, 0.6) is 11.5 Å². The number of benzene rings is 2. The fraction of sp³-hybridized carbons (Fsp3) is 0.348. The molecule has 4 rings (SSSR count). The van der Waals surface area contributed by atoms with Gasteiger partial charge in [-0.05, 0) is 56.2 Å². The van der Waals surface area contributed by atoms with Crippen molar-refractivity contribution in [3.8, 4) is 17.2 Å². The number of carbonyl (C=O) groups excluding carboxylic acids is 1. The second-order valence-corrected chi connectivity index (χ2v) is 8.75. The Morgan fingerprint density at radius 2 is 1.78 bits per heavy atom. The van der Waals surface area contributed by atoms with E-state index in [2.05, 4.69) is 10.2 Å². The predicted molar refractivity (Wildman–Crippen MR) is 120 cm³/mol. The van der Waals surface area contributed by atoms with E-state index in [1.807, 2.05) is 11.8 Å². The maximum absolute atomic E-state index is 14.7. The van der Waals surface area contributed by atoms with E-state index in [-0.39, 0.29) is 17.8 Å². The Labute approximate surface area is 190 Å². The first kappa shape index (κ1) is 22.1. The molecule has 3 aromatic rings. The van der Waals surface area contributed by atoms with Gasteiger partial charge in [0.2, 0.25) is 5.91 Å². The quantitative estimate of drug-likeness (QED) is 0.476. The number of amides is 1. The van der Waals surface area contributed by atoms with Crippen LogP contribution in [0.25, 0.3) is 5.69 Å². The molecule has 0 spiro atoms. The topological polar surface area (TPSA) is 69.5 Å². The van der Waals surface area contributed by atoms with Gasteiger partial charge in [-0.15, -0.1) is 10.2 Å². The van der Waals surface area contributed by atoms with E-state index < -0.39 is 5.82 Å². The Bertz CT molecular complexity index is 1070. The number of nitrogens with zero attached hydrogens (tertiary/aromatic N) is 4. The SMILES string of the molecule is COc1ccc(OCc2nnc(SC(C)C(=O)N3CCCC3)n2-c2ccccc2F)cc1. The lowest BCUT2D eigenvalue weighted by atomic mass is 10.3. The van der Waals surface area contributed by atoms with Crippen molar-refractivity contribution in [1.29, 1.82) is 0 Å². The molecule has 32 heavy (non-hydrogen) atoms. The number of rotatable bonds is 8. The van der Waals surface area contributed by atoms with Crippen LogP contribution in [0.4, 0.5) is 4.39 Å². The molecule has 0 bridgehead atoms. The molecule has 0 radical (unpaired) electrons. The molecular formula is C23H25FN4O3S. The highest BCUT2D eigenvalue weighted by molar-refractivity contribution is 8.00. The van der Waals surface area contributed by atoms with Crippen molar-refractivity contribution in [2.75, 3.05) is 20.2 Å².